The van der Waals surface area contributed by atoms with Crippen LogP contribution in [0.5, 0.6) is 0 Å². The summed E-state index contributed by atoms with van der Waals surface area (Å²) in [7, 11) is 0. The summed E-state index contributed by atoms with van der Waals surface area (Å²) >= 11 is 5.97. The average Bonchev–Trinajstić information content (AvgIpc) is 2.51. The van der Waals surface area contributed by atoms with Crippen molar-refractivity contribution in [1.82, 2.24) is 15.0 Å². The van der Waals surface area contributed by atoms with E-state index in [0.717, 1.165) is 19.4 Å². The number of aryl methyl sites for hydroxylation is 1. The van der Waals surface area contributed by atoms with Crippen LogP contribution in [0.15, 0.2) is 6.20 Å². The van der Waals surface area contributed by atoms with Crippen LogP contribution in [-0.2, 0) is 6.54 Å². The second kappa shape index (κ2) is 5.35. The van der Waals surface area contributed by atoms with Gasteiger partial charge in [0.25, 0.3) is 0 Å². The van der Waals surface area contributed by atoms with Crippen molar-refractivity contribution in [3.8, 4) is 0 Å². The van der Waals surface area contributed by atoms with Gasteiger partial charge in [-0.25, -0.2) is 4.68 Å². The molecule has 0 saturated carbocycles. The molecular formula is C10H18ClN3. The fourth-order valence-electron chi connectivity index (χ4n) is 1.64. The fourth-order valence-corrected chi connectivity index (χ4v) is 1.91. The Labute approximate surface area is 90.4 Å². The number of aromatic nitrogens is 3. The molecule has 0 aliphatic heterocycles. The summed E-state index contributed by atoms with van der Waals surface area (Å²) in [5.41, 5.74) is 1.19. The molecule has 1 aromatic rings. The minimum absolute atomic E-state index is 0.204. The summed E-state index contributed by atoms with van der Waals surface area (Å²) in [6.45, 7) is 7.27. The van der Waals surface area contributed by atoms with Gasteiger partial charge < -0.3 is 0 Å². The molecule has 0 aliphatic rings. The standard InChI is InChI=1S/C10H18ClN3/c1-4-5-14-10(7-12-13-14)8(2)6-9(3)11/h7-9H,4-6H2,1-3H3. The quantitative estimate of drug-likeness (QED) is 0.708. The summed E-state index contributed by atoms with van der Waals surface area (Å²) in [5.74, 6) is 0.434. The highest BCUT2D eigenvalue weighted by Crippen LogP contribution is 2.21. The van der Waals surface area contributed by atoms with Gasteiger partial charge in [-0.05, 0) is 19.8 Å². The lowest BCUT2D eigenvalue weighted by Gasteiger charge is -2.13. The summed E-state index contributed by atoms with van der Waals surface area (Å²) in [6, 6.07) is 0. The summed E-state index contributed by atoms with van der Waals surface area (Å²) < 4.78 is 1.98. The van der Waals surface area contributed by atoms with E-state index in [2.05, 4.69) is 24.2 Å². The van der Waals surface area contributed by atoms with Crippen molar-refractivity contribution in [3.05, 3.63) is 11.9 Å². The fraction of sp³-hybridized carbons (Fsp3) is 0.800. The first-order valence-electron chi connectivity index (χ1n) is 5.17. The predicted molar refractivity (Wildman–Crippen MR) is 58.7 cm³/mol. The Kier molecular flexibility index (Phi) is 4.39. The van der Waals surface area contributed by atoms with E-state index in [1.54, 1.807) is 0 Å². The molecule has 0 fully saturated rings. The zero-order valence-electron chi connectivity index (χ0n) is 9.07. The Bertz CT molecular complexity index is 270. The van der Waals surface area contributed by atoms with Gasteiger partial charge in [-0.1, -0.05) is 19.1 Å². The normalized spacial score (nSPS) is 15.4. The van der Waals surface area contributed by atoms with Gasteiger partial charge in [0, 0.05) is 17.8 Å². The molecule has 0 spiro atoms. The van der Waals surface area contributed by atoms with Crippen LogP contribution in [0.1, 0.15) is 45.2 Å². The maximum atomic E-state index is 5.97. The van der Waals surface area contributed by atoms with Gasteiger partial charge in [-0.15, -0.1) is 16.7 Å². The Hall–Kier alpha value is -0.570. The molecule has 0 saturated heterocycles. The number of hydrogen-bond donors (Lipinski definition) is 0. The van der Waals surface area contributed by atoms with Crippen molar-refractivity contribution in [2.24, 2.45) is 0 Å². The van der Waals surface area contributed by atoms with Crippen molar-refractivity contribution in [2.45, 2.75) is 51.5 Å². The van der Waals surface area contributed by atoms with Crippen LogP contribution < -0.4 is 0 Å². The van der Waals surface area contributed by atoms with Crippen molar-refractivity contribution < 1.29 is 0 Å². The molecule has 1 aromatic heterocycles. The summed E-state index contributed by atoms with van der Waals surface area (Å²) in [6.07, 6.45) is 3.90. The van der Waals surface area contributed by atoms with E-state index in [0.29, 0.717) is 5.92 Å². The molecule has 0 aliphatic carbocycles. The van der Waals surface area contributed by atoms with Gasteiger partial charge in [0.05, 0.1) is 11.9 Å². The van der Waals surface area contributed by atoms with Gasteiger partial charge in [0.2, 0.25) is 0 Å². The molecule has 1 heterocycles. The SMILES string of the molecule is CCCn1nncc1C(C)CC(C)Cl. The first kappa shape index (κ1) is 11.5. The number of rotatable bonds is 5. The van der Waals surface area contributed by atoms with Crippen molar-refractivity contribution >= 4 is 11.6 Å². The van der Waals surface area contributed by atoms with Crippen LogP contribution in [0.25, 0.3) is 0 Å². The Balaban J connectivity index is 2.68. The Morgan fingerprint density at radius 3 is 2.79 bits per heavy atom. The molecule has 0 radical (unpaired) electrons. The first-order chi connectivity index (χ1) is 6.65. The van der Waals surface area contributed by atoms with Crippen LogP contribution in [-0.4, -0.2) is 20.4 Å². The van der Waals surface area contributed by atoms with Crippen LogP contribution >= 0.6 is 11.6 Å². The largest absolute Gasteiger partial charge is 0.249 e. The van der Waals surface area contributed by atoms with E-state index in [9.17, 15) is 0 Å². The van der Waals surface area contributed by atoms with E-state index in [1.165, 1.54) is 5.69 Å². The summed E-state index contributed by atoms with van der Waals surface area (Å²) in [5, 5.41) is 8.20. The second-order valence-electron chi connectivity index (χ2n) is 3.80. The van der Waals surface area contributed by atoms with Gasteiger partial charge in [0.15, 0.2) is 0 Å². The number of halogens is 1. The number of alkyl halides is 1. The molecule has 80 valence electrons. The first-order valence-corrected chi connectivity index (χ1v) is 5.61. The zero-order chi connectivity index (χ0) is 10.6. The molecule has 14 heavy (non-hydrogen) atoms. The third-order valence-electron chi connectivity index (χ3n) is 2.27. The maximum Gasteiger partial charge on any atom is 0.0727 e. The molecule has 0 amide bonds. The molecule has 2 atom stereocenters. The molecule has 0 N–H and O–H groups in total. The lowest BCUT2D eigenvalue weighted by Crippen LogP contribution is -2.09. The molecule has 3 nitrogen and oxygen atoms in total. The Morgan fingerprint density at radius 1 is 1.50 bits per heavy atom. The van der Waals surface area contributed by atoms with Gasteiger partial charge in [-0.2, -0.15) is 0 Å². The minimum atomic E-state index is 0.204. The highest BCUT2D eigenvalue weighted by molar-refractivity contribution is 6.20. The van der Waals surface area contributed by atoms with E-state index in [-0.39, 0.29) is 5.38 Å². The van der Waals surface area contributed by atoms with Crippen molar-refractivity contribution in [1.29, 1.82) is 0 Å². The zero-order valence-corrected chi connectivity index (χ0v) is 9.83. The monoisotopic (exact) mass is 215 g/mol. The number of hydrogen-bond acceptors (Lipinski definition) is 2. The average molecular weight is 216 g/mol. The van der Waals surface area contributed by atoms with Gasteiger partial charge >= 0.3 is 0 Å². The Morgan fingerprint density at radius 2 is 2.21 bits per heavy atom. The van der Waals surface area contributed by atoms with Crippen molar-refractivity contribution in [3.63, 3.8) is 0 Å². The molecular weight excluding hydrogens is 198 g/mol. The molecule has 1 rings (SSSR count). The van der Waals surface area contributed by atoms with Crippen LogP contribution in [0, 0.1) is 0 Å². The van der Waals surface area contributed by atoms with Crippen LogP contribution in [0.2, 0.25) is 0 Å². The van der Waals surface area contributed by atoms with E-state index in [1.807, 2.05) is 17.8 Å². The predicted octanol–water partition coefficient (Wildman–Crippen LogP) is 2.81. The molecule has 4 heteroatoms. The highest BCUT2D eigenvalue weighted by Gasteiger charge is 2.13. The smallest absolute Gasteiger partial charge is 0.0727 e. The third-order valence-corrected chi connectivity index (χ3v) is 2.44. The molecule has 2 unspecified atom stereocenters. The topological polar surface area (TPSA) is 30.7 Å². The second-order valence-corrected chi connectivity index (χ2v) is 4.54. The van der Waals surface area contributed by atoms with Gasteiger partial charge in [0.1, 0.15) is 0 Å². The molecule has 0 aromatic carbocycles. The highest BCUT2D eigenvalue weighted by atomic mass is 35.5. The van der Waals surface area contributed by atoms with E-state index >= 15 is 0 Å². The number of nitrogens with zero attached hydrogens (tertiary/aromatic N) is 3. The lowest BCUT2D eigenvalue weighted by molar-refractivity contribution is 0.521. The van der Waals surface area contributed by atoms with Crippen molar-refractivity contribution in [2.75, 3.05) is 0 Å². The van der Waals surface area contributed by atoms with Crippen LogP contribution in [0.4, 0.5) is 0 Å². The van der Waals surface area contributed by atoms with E-state index in [4.69, 9.17) is 11.6 Å². The van der Waals surface area contributed by atoms with Crippen LogP contribution in [0.3, 0.4) is 0 Å². The lowest BCUT2D eigenvalue weighted by atomic mass is 10.0. The minimum Gasteiger partial charge on any atom is -0.249 e. The maximum absolute atomic E-state index is 5.97. The van der Waals surface area contributed by atoms with E-state index < -0.39 is 0 Å². The van der Waals surface area contributed by atoms with Gasteiger partial charge in [-0.3, -0.25) is 0 Å². The molecule has 0 bridgehead atoms. The summed E-state index contributed by atoms with van der Waals surface area (Å²) in [4.78, 5) is 0. The third kappa shape index (κ3) is 2.98.